The molecular formula is C29H26ClNO8. The molecule has 1 atom stereocenters. The second kappa shape index (κ2) is 11.5. The zero-order valence-corrected chi connectivity index (χ0v) is 22.2. The third-order valence-corrected chi connectivity index (χ3v) is 6.59. The molecule has 1 amide bonds. The third-order valence-electron chi connectivity index (χ3n) is 6.30. The molecule has 10 heteroatoms. The lowest BCUT2D eigenvalue weighted by molar-refractivity contribution is -0.140. The number of nitrogens with zero attached hydrogens (tertiary/aromatic N) is 1. The monoisotopic (exact) mass is 551 g/mol. The minimum Gasteiger partial charge on any atom is -0.508 e. The summed E-state index contributed by atoms with van der Waals surface area (Å²) in [4.78, 5) is 40.1. The molecule has 0 saturated carbocycles. The lowest BCUT2D eigenvalue weighted by Gasteiger charge is -2.26. The van der Waals surface area contributed by atoms with Gasteiger partial charge in [-0.05, 0) is 48.4 Å². The van der Waals surface area contributed by atoms with Crippen molar-refractivity contribution in [2.24, 2.45) is 0 Å². The van der Waals surface area contributed by atoms with Gasteiger partial charge >= 0.3 is 5.97 Å². The van der Waals surface area contributed by atoms with Crippen LogP contribution in [0.15, 0.2) is 66.2 Å². The van der Waals surface area contributed by atoms with Crippen molar-refractivity contribution in [2.75, 3.05) is 20.8 Å². The van der Waals surface area contributed by atoms with Crippen LogP contribution >= 0.6 is 11.6 Å². The maximum absolute atomic E-state index is 13.4. The second-order valence-corrected chi connectivity index (χ2v) is 9.03. The van der Waals surface area contributed by atoms with Crippen molar-refractivity contribution in [3.05, 3.63) is 93.5 Å². The summed E-state index contributed by atoms with van der Waals surface area (Å²) in [6.45, 7) is 1.95. The van der Waals surface area contributed by atoms with Crippen molar-refractivity contribution in [1.82, 2.24) is 4.90 Å². The van der Waals surface area contributed by atoms with Crippen LogP contribution in [-0.4, -0.2) is 53.6 Å². The van der Waals surface area contributed by atoms with E-state index in [1.54, 1.807) is 43.3 Å². The van der Waals surface area contributed by atoms with Gasteiger partial charge in [0.1, 0.15) is 23.0 Å². The Kier molecular flexibility index (Phi) is 8.11. The summed E-state index contributed by atoms with van der Waals surface area (Å²) in [6.07, 6.45) is 0. The zero-order chi connectivity index (χ0) is 28.3. The Morgan fingerprint density at radius 2 is 1.62 bits per heavy atom. The highest BCUT2D eigenvalue weighted by Gasteiger charge is 2.46. The molecule has 0 aliphatic carbocycles. The van der Waals surface area contributed by atoms with Crippen LogP contribution in [0.2, 0.25) is 5.02 Å². The number of Topliss-reactive ketones (excluding diaryl/α,β-unsaturated/α-hetero) is 1. The average molecular weight is 552 g/mol. The van der Waals surface area contributed by atoms with Gasteiger partial charge < -0.3 is 29.3 Å². The Morgan fingerprint density at radius 1 is 0.974 bits per heavy atom. The fourth-order valence-corrected chi connectivity index (χ4v) is 4.63. The standard InChI is InChI=1S/C29H26ClNO8/c1-4-39-29(36)18-7-5-16(6-8-18)15-31-25(17-9-11-19(32)12-10-17)24(27(34)28(31)35)26(33)20-13-23(38-3)21(30)14-22(20)37-2/h5-14,25,32-33H,4,15H2,1-3H3/b26-24+. The lowest BCUT2D eigenvalue weighted by atomic mass is 9.94. The van der Waals surface area contributed by atoms with Gasteiger partial charge in [-0.15, -0.1) is 0 Å². The predicted molar refractivity (Wildman–Crippen MR) is 143 cm³/mol. The van der Waals surface area contributed by atoms with E-state index in [0.717, 1.165) is 0 Å². The molecule has 3 aromatic carbocycles. The van der Waals surface area contributed by atoms with Gasteiger partial charge in [-0.3, -0.25) is 9.59 Å². The number of aromatic hydroxyl groups is 1. The first kappa shape index (κ1) is 27.5. The minimum absolute atomic E-state index is 0.00290. The van der Waals surface area contributed by atoms with E-state index in [2.05, 4.69) is 0 Å². The number of ether oxygens (including phenoxy) is 3. The highest BCUT2D eigenvalue weighted by molar-refractivity contribution is 6.46. The van der Waals surface area contributed by atoms with Gasteiger partial charge in [0.05, 0.1) is 48.6 Å². The first-order valence-electron chi connectivity index (χ1n) is 11.9. The number of likely N-dealkylation sites (tertiary alicyclic amines) is 1. The fourth-order valence-electron chi connectivity index (χ4n) is 4.39. The average Bonchev–Trinajstić information content (AvgIpc) is 3.18. The number of hydrogen-bond acceptors (Lipinski definition) is 8. The van der Waals surface area contributed by atoms with E-state index in [1.807, 2.05) is 0 Å². The van der Waals surface area contributed by atoms with Crippen molar-refractivity contribution in [3.8, 4) is 17.2 Å². The molecule has 4 rings (SSSR count). The number of rotatable bonds is 8. The summed E-state index contributed by atoms with van der Waals surface area (Å²) in [7, 11) is 2.78. The van der Waals surface area contributed by atoms with Crippen LogP contribution in [0, 0.1) is 0 Å². The van der Waals surface area contributed by atoms with Crippen LogP contribution in [0.5, 0.6) is 17.2 Å². The highest BCUT2D eigenvalue weighted by Crippen LogP contribution is 2.43. The minimum atomic E-state index is -0.998. The third kappa shape index (κ3) is 5.39. The SMILES string of the molecule is CCOC(=O)c1ccc(CN2C(=O)C(=O)/C(=C(/O)c3cc(OC)c(Cl)cc3OC)C2c2ccc(O)cc2)cc1. The molecule has 1 saturated heterocycles. The van der Waals surface area contributed by atoms with Gasteiger partial charge in [-0.2, -0.15) is 0 Å². The molecule has 0 bridgehead atoms. The van der Waals surface area contributed by atoms with E-state index < -0.39 is 29.5 Å². The van der Waals surface area contributed by atoms with E-state index in [0.29, 0.717) is 16.7 Å². The number of phenolic OH excluding ortho intramolecular Hbond substituents is 1. The first-order valence-corrected chi connectivity index (χ1v) is 12.3. The summed E-state index contributed by atoms with van der Waals surface area (Å²) < 4.78 is 15.7. The molecule has 9 nitrogen and oxygen atoms in total. The smallest absolute Gasteiger partial charge is 0.338 e. The Labute approximate surface area is 229 Å². The van der Waals surface area contributed by atoms with Crippen LogP contribution < -0.4 is 9.47 Å². The van der Waals surface area contributed by atoms with Crippen LogP contribution in [0.1, 0.15) is 40.0 Å². The van der Waals surface area contributed by atoms with E-state index in [9.17, 15) is 24.6 Å². The number of hydrogen-bond donors (Lipinski definition) is 2. The number of phenols is 1. The van der Waals surface area contributed by atoms with Crippen LogP contribution in [0.25, 0.3) is 5.76 Å². The number of benzene rings is 3. The normalized spacial score (nSPS) is 16.3. The second-order valence-electron chi connectivity index (χ2n) is 8.62. The van der Waals surface area contributed by atoms with Crippen molar-refractivity contribution in [2.45, 2.75) is 19.5 Å². The van der Waals surface area contributed by atoms with Crippen molar-refractivity contribution in [3.63, 3.8) is 0 Å². The van der Waals surface area contributed by atoms with E-state index >= 15 is 0 Å². The van der Waals surface area contributed by atoms with Crippen molar-refractivity contribution >= 4 is 35.0 Å². The summed E-state index contributed by atoms with van der Waals surface area (Å²) in [5.74, 6) is -2.28. The zero-order valence-electron chi connectivity index (χ0n) is 21.4. The van der Waals surface area contributed by atoms with Crippen molar-refractivity contribution in [1.29, 1.82) is 0 Å². The predicted octanol–water partition coefficient (Wildman–Crippen LogP) is 4.86. The molecule has 1 aliphatic heterocycles. The number of amides is 1. The number of carbonyl (C=O) groups excluding carboxylic acids is 3. The van der Waals surface area contributed by atoms with Crippen LogP contribution in [-0.2, 0) is 20.9 Å². The summed E-state index contributed by atoms with van der Waals surface area (Å²) in [5, 5.41) is 21.5. The first-order chi connectivity index (χ1) is 18.7. The number of carbonyl (C=O) groups is 3. The number of halogens is 1. The summed E-state index contributed by atoms with van der Waals surface area (Å²) >= 11 is 6.21. The number of methoxy groups -OCH3 is 2. The molecule has 1 heterocycles. The van der Waals surface area contributed by atoms with Gasteiger partial charge in [-0.1, -0.05) is 35.9 Å². The molecule has 39 heavy (non-hydrogen) atoms. The maximum atomic E-state index is 13.4. The molecular weight excluding hydrogens is 526 g/mol. The Bertz CT molecular complexity index is 1450. The highest BCUT2D eigenvalue weighted by atomic mass is 35.5. The molecule has 3 aromatic rings. The maximum Gasteiger partial charge on any atom is 0.338 e. The molecule has 202 valence electrons. The molecule has 2 N–H and O–H groups in total. The summed E-state index contributed by atoms with van der Waals surface area (Å²) in [5.41, 5.74) is 1.41. The Hall–Kier alpha value is -4.50. The molecule has 0 aromatic heterocycles. The Balaban J connectivity index is 1.83. The van der Waals surface area contributed by atoms with E-state index in [1.165, 1.54) is 43.4 Å². The van der Waals surface area contributed by atoms with Gasteiger partial charge in [-0.25, -0.2) is 4.79 Å². The fraction of sp³-hybridized carbons (Fsp3) is 0.207. The topological polar surface area (TPSA) is 123 Å². The van der Waals surface area contributed by atoms with Gasteiger partial charge in [0.15, 0.2) is 0 Å². The number of aliphatic hydroxyl groups excluding tert-OH is 1. The van der Waals surface area contributed by atoms with Gasteiger partial charge in [0.25, 0.3) is 11.7 Å². The van der Waals surface area contributed by atoms with E-state index in [4.69, 9.17) is 25.8 Å². The number of aliphatic hydroxyl groups is 1. The van der Waals surface area contributed by atoms with Crippen LogP contribution in [0.4, 0.5) is 0 Å². The number of esters is 1. The van der Waals surface area contributed by atoms with Crippen LogP contribution in [0.3, 0.4) is 0 Å². The lowest BCUT2D eigenvalue weighted by Crippen LogP contribution is -2.29. The molecule has 1 unspecified atom stereocenters. The quantitative estimate of drug-likeness (QED) is 0.176. The Morgan fingerprint density at radius 3 is 2.21 bits per heavy atom. The van der Waals surface area contributed by atoms with Crippen molar-refractivity contribution < 1.29 is 38.8 Å². The molecule has 1 fully saturated rings. The molecule has 1 aliphatic rings. The number of ketones is 1. The van der Waals surface area contributed by atoms with Gasteiger partial charge in [0.2, 0.25) is 0 Å². The largest absolute Gasteiger partial charge is 0.508 e. The summed E-state index contributed by atoms with van der Waals surface area (Å²) in [6, 6.07) is 14.3. The van der Waals surface area contributed by atoms with E-state index in [-0.39, 0.29) is 46.6 Å². The molecule has 0 radical (unpaired) electrons. The molecule has 0 spiro atoms. The van der Waals surface area contributed by atoms with Gasteiger partial charge in [0, 0.05) is 12.6 Å².